The monoisotopic (exact) mass is 646 g/mol. The summed E-state index contributed by atoms with van der Waals surface area (Å²) in [5.74, 6) is -0.525. The van der Waals surface area contributed by atoms with Crippen LogP contribution >= 0.6 is 0 Å². The third kappa shape index (κ3) is 30.9. The molecule has 0 aromatic heterocycles. The molecule has 5 heteroatoms. The molecular weight excluding hydrogens is 570 g/mol. The molecule has 0 aromatic rings. The number of hydrogen-bond donors (Lipinski definition) is 4. The molecule has 0 fully saturated rings. The van der Waals surface area contributed by atoms with Crippen molar-refractivity contribution in [1.82, 2.24) is 5.32 Å². The Kier molecular flexibility index (Phi) is 34.8. The van der Waals surface area contributed by atoms with Crippen LogP contribution in [0.3, 0.4) is 0 Å². The van der Waals surface area contributed by atoms with Gasteiger partial charge in [0.25, 0.3) is 0 Å². The van der Waals surface area contributed by atoms with E-state index >= 15 is 0 Å². The summed E-state index contributed by atoms with van der Waals surface area (Å²) >= 11 is 0. The minimum absolute atomic E-state index is 0.384. The fourth-order valence-electron chi connectivity index (χ4n) is 5.50. The topological polar surface area (TPSA) is 89.8 Å². The molecule has 0 bridgehead atoms. The molecule has 0 aliphatic heterocycles. The molecule has 5 nitrogen and oxygen atoms in total. The summed E-state index contributed by atoms with van der Waals surface area (Å²) in [5.41, 5.74) is 0. The normalized spacial score (nSPS) is 14.3. The van der Waals surface area contributed by atoms with E-state index in [9.17, 15) is 20.1 Å². The van der Waals surface area contributed by atoms with E-state index in [1.807, 2.05) is 6.08 Å². The minimum Gasteiger partial charge on any atom is -0.394 e. The lowest BCUT2D eigenvalue weighted by atomic mass is 10.0. The highest BCUT2D eigenvalue weighted by Gasteiger charge is 2.22. The van der Waals surface area contributed by atoms with Crippen LogP contribution in [-0.2, 0) is 4.79 Å². The van der Waals surface area contributed by atoms with E-state index < -0.39 is 24.2 Å². The lowest BCUT2D eigenvalue weighted by Crippen LogP contribution is -2.48. The van der Waals surface area contributed by atoms with Crippen molar-refractivity contribution in [3.05, 3.63) is 48.6 Å². The maximum Gasteiger partial charge on any atom is 0.249 e. The zero-order chi connectivity index (χ0) is 33.8. The molecule has 3 atom stereocenters. The van der Waals surface area contributed by atoms with E-state index in [0.717, 1.165) is 51.4 Å². The van der Waals surface area contributed by atoms with Gasteiger partial charge >= 0.3 is 0 Å². The van der Waals surface area contributed by atoms with Gasteiger partial charge < -0.3 is 20.6 Å². The summed E-state index contributed by atoms with van der Waals surface area (Å²) < 4.78 is 0. The molecule has 4 N–H and O–H groups in total. The molecule has 46 heavy (non-hydrogen) atoms. The molecule has 0 heterocycles. The third-order valence-electron chi connectivity index (χ3n) is 8.62. The van der Waals surface area contributed by atoms with Gasteiger partial charge in [0.15, 0.2) is 0 Å². The molecule has 0 saturated heterocycles. The Hall–Kier alpha value is -1.69. The second kappa shape index (κ2) is 36.2. The van der Waals surface area contributed by atoms with Gasteiger partial charge in [-0.25, -0.2) is 0 Å². The first-order valence-electron chi connectivity index (χ1n) is 19.5. The second-order valence-corrected chi connectivity index (χ2v) is 13.1. The molecule has 0 aliphatic rings. The average Bonchev–Trinajstić information content (AvgIpc) is 3.06. The maximum absolute atomic E-state index is 12.4. The number of nitrogens with one attached hydrogen (secondary N) is 1. The third-order valence-corrected chi connectivity index (χ3v) is 8.62. The van der Waals surface area contributed by atoms with Crippen LogP contribution in [0, 0.1) is 0 Å². The van der Waals surface area contributed by atoms with Crippen LogP contribution in [0.4, 0.5) is 0 Å². The molecule has 0 saturated carbocycles. The van der Waals surface area contributed by atoms with Crippen LogP contribution in [0.25, 0.3) is 0 Å². The minimum atomic E-state index is -1.11. The molecule has 0 aliphatic carbocycles. The maximum atomic E-state index is 12.4. The number of aliphatic hydroxyl groups excluding tert-OH is 3. The molecule has 3 unspecified atom stereocenters. The summed E-state index contributed by atoms with van der Waals surface area (Å²) in [6.07, 6.45) is 45.5. The van der Waals surface area contributed by atoms with Crippen molar-refractivity contribution in [1.29, 1.82) is 0 Å². The highest BCUT2D eigenvalue weighted by atomic mass is 16.3. The number of amides is 1. The van der Waals surface area contributed by atoms with Gasteiger partial charge in [0.05, 0.1) is 18.8 Å². The predicted molar refractivity (Wildman–Crippen MR) is 199 cm³/mol. The number of carbonyl (C=O) groups excluding carboxylic acids is 1. The van der Waals surface area contributed by atoms with E-state index in [2.05, 4.69) is 55.6 Å². The van der Waals surface area contributed by atoms with Crippen LogP contribution in [-0.4, -0.2) is 46.1 Å². The van der Waals surface area contributed by atoms with Gasteiger partial charge in [-0.2, -0.15) is 0 Å². The molecule has 1 amide bonds. The number of aliphatic hydroxyl groups is 3. The van der Waals surface area contributed by atoms with E-state index in [-0.39, 0.29) is 6.61 Å². The summed E-state index contributed by atoms with van der Waals surface area (Å²) in [5, 5.41) is 33.0. The van der Waals surface area contributed by atoms with Gasteiger partial charge in [-0.1, -0.05) is 159 Å². The lowest BCUT2D eigenvalue weighted by Gasteiger charge is -2.21. The summed E-state index contributed by atoms with van der Waals surface area (Å²) in [6.45, 7) is 4.13. The van der Waals surface area contributed by atoms with Crippen molar-refractivity contribution in [3.8, 4) is 0 Å². The SMILES string of the molecule is CCCCCCCC/C=C\CCCCCCCCC(O)C(=O)NC(CO)C(O)/C=C/CC/C=C/CC/C=C/CCCCCCCC. The Morgan fingerprint density at radius 3 is 1.33 bits per heavy atom. The van der Waals surface area contributed by atoms with Crippen LogP contribution in [0.5, 0.6) is 0 Å². The van der Waals surface area contributed by atoms with Crippen molar-refractivity contribution >= 4 is 5.91 Å². The Labute approximate surface area is 285 Å². The Bertz CT molecular complexity index is 760. The first kappa shape index (κ1) is 44.3. The van der Waals surface area contributed by atoms with Crippen molar-refractivity contribution in [2.75, 3.05) is 6.61 Å². The van der Waals surface area contributed by atoms with Gasteiger partial charge in [-0.05, 0) is 70.6 Å². The highest BCUT2D eigenvalue weighted by Crippen LogP contribution is 2.12. The van der Waals surface area contributed by atoms with E-state index in [4.69, 9.17) is 0 Å². The lowest BCUT2D eigenvalue weighted by molar-refractivity contribution is -0.131. The average molecular weight is 646 g/mol. The number of allylic oxidation sites excluding steroid dienone is 7. The first-order valence-corrected chi connectivity index (χ1v) is 19.5. The summed E-state index contributed by atoms with van der Waals surface area (Å²) in [6, 6.07) is -0.822. The highest BCUT2D eigenvalue weighted by molar-refractivity contribution is 5.80. The van der Waals surface area contributed by atoms with Crippen LogP contribution in [0.15, 0.2) is 48.6 Å². The van der Waals surface area contributed by atoms with Gasteiger partial charge in [0, 0.05) is 0 Å². The standard InChI is InChI=1S/C41H75NO4/c1-3-5-7-9-11-13-15-17-19-21-23-25-27-29-31-33-35-39(44)38(37-43)42-41(46)40(45)36-34-32-30-28-26-24-22-20-18-16-14-12-10-8-6-4-2/h17-20,25,27,33,35,38-40,43-45H,3-16,21-24,26,28-32,34,36-37H2,1-2H3,(H,42,46)/b19-17+,20-18-,27-25+,35-33+. The second-order valence-electron chi connectivity index (χ2n) is 13.1. The molecule has 0 spiro atoms. The van der Waals surface area contributed by atoms with E-state index in [1.165, 1.54) is 109 Å². The Balaban J connectivity index is 3.83. The zero-order valence-corrected chi connectivity index (χ0v) is 30.2. The molecule has 0 radical (unpaired) electrons. The van der Waals surface area contributed by atoms with Gasteiger partial charge in [0.1, 0.15) is 6.10 Å². The number of hydrogen-bond acceptors (Lipinski definition) is 4. The fourth-order valence-corrected chi connectivity index (χ4v) is 5.50. The van der Waals surface area contributed by atoms with Gasteiger partial charge in [0.2, 0.25) is 5.91 Å². The van der Waals surface area contributed by atoms with Crippen molar-refractivity contribution in [2.24, 2.45) is 0 Å². The van der Waals surface area contributed by atoms with Crippen LogP contribution < -0.4 is 5.32 Å². The van der Waals surface area contributed by atoms with Crippen molar-refractivity contribution < 1.29 is 20.1 Å². The number of unbranched alkanes of at least 4 members (excludes halogenated alkanes) is 20. The quantitative estimate of drug-likeness (QED) is 0.0414. The summed E-state index contributed by atoms with van der Waals surface area (Å²) in [4.78, 5) is 12.4. The Morgan fingerprint density at radius 1 is 0.522 bits per heavy atom. The van der Waals surface area contributed by atoms with Crippen molar-refractivity contribution in [3.63, 3.8) is 0 Å². The number of rotatable bonds is 34. The first-order chi connectivity index (χ1) is 22.6. The van der Waals surface area contributed by atoms with Crippen LogP contribution in [0.1, 0.15) is 181 Å². The van der Waals surface area contributed by atoms with E-state index in [0.29, 0.717) is 6.42 Å². The zero-order valence-electron chi connectivity index (χ0n) is 30.2. The molecule has 268 valence electrons. The van der Waals surface area contributed by atoms with E-state index in [1.54, 1.807) is 6.08 Å². The molecular formula is C41H75NO4. The summed E-state index contributed by atoms with van der Waals surface area (Å²) in [7, 11) is 0. The van der Waals surface area contributed by atoms with Gasteiger partial charge in [-0.3, -0.25) is 4.79 Å². The largest absolute Gasteiger partial charge is 0.394 e. The van der Waals surface area contributed by atoms with Crippen molar-refractivity contribution in [2.45, 2.75) is 199 Å². The fraction of sp³-hybridized carbons (Fsp3) is 0.780. The van der Waals surface area contributed by atoms with Gasteiger partial charge in [-0.15, -0.1) is 0 Å². The number of carbonyl (C=O) groups is 1. The van der Waals surface area contributed by atoms with Crippen LogP contribution in [0.2, 0.25) is 0 Å². The Morgan fingerprint density at radius 2 is 0.891 bits per heavy atom. The molecule has 0 aromatic carbocycles. The predicted octanol–water partition coefficient (Wildman–Crippen LogP) is 10.6. The molecule has 0 rings (SSSR count). The smallest absolute Gasteiger partial charge is 0.249 e.